The average Bonchev–Trinajstić information content (AvgIpc) is 2.43. The van der Waals surface area contributed by atoms with Crippen LogP contribution >= 0.6 is 0 Å². The number of aromatic hydroxyl groups is 1. The molecule has 0 unspecified atom stereocenters. The Hall–Kier alpha value is -2.56. The summed E-state index contributed by atoms with van der Waals surface area (Å²) in [4.78, 5) is 15.6. The van der Waals surface area contributed by atoms with E-state index < -0.39 is 0 Å². The Labute approximate surface area is 117 Å². The first-order chi connectivity index (χ1) is 9.56. The molecule has 0 atom stereocenters. The molecular formula is C15H16N2O3. The van der Waals surface area contributed by atoms with Crippen molar-refractivity contribution in [1.29, 1.82) is 0 Å². The van der Waals surface area contributed by atoms with Gasteiger partial charge in [0.2, 0.25) is 0 Å². The van der Waals surface area contributed by atoms with Gasteiger partial charge in [0.25, 0.3) is 5.91 Å². The summed E-state index contributed by atoms with van der Waals surface area (Å²) in [6.45, 7) is 3.85. The number of pyridine rings is 1. The fraction of sp³-hybridized carbons (Fsp3) is 0.200. The number of nitrogens with one attached hydrogen (secondary N) is 1. The average molecular weight is 272 g/mol. The van der Waals surface area contributed by atoms with Crippen LogP contribution in [0.2, 0.25) is 0 Å². The molecule has 1 aromatic carbocycles. The van der Waals surface area contributed by atoms with Crippen molar-refractivity contribution in [2.24, 2.45) is 0 Å². The maximum atomic E-state index is 11.7. The maximum Gasteiger partial charge on any atom is 0.263 e. The number of hydrogen-bond donors (Lipinski definition) is 2. The summed E-state index contributed by atoms with van der Waals surface area (Å²) in [5.41, 5.74) is 2.27. The van der Waals surface area contributed by atoms with Crippen molar-refractivity contribution < 1.29 is 14.6 Å². The minimum Gasteiger partial charge on any atom is -0.504 e. The molecule has 0 saturated heterocycles. The second-order valence-corrected chi connectivity index (χ2v) is 4.45. The number of ether oxygens (including phenoxy) is 1. The van der Waals surface area contributed by atoms with Crippen LogP contribution in [0, 0.1) is 13.8 Å². The Morgan fingerprint density at radius 3 is 2.80 bits per heavy atom. The van der Waals surface area contributed by atoms with Crippen LogP contribution in [0.1, 0.15) is 11.1 Å². The number of benzene rings is 1. The van der Waals surface area contributed by atoms with Crippen molar-refractivity contribution in [2.45, 2.75) is 13.8 Å². The summed E-state index contributed by atoms with van der Waals surface area (Å²) in [5.74, 6) is 0.305. The largest absolute Gasteiger partial charge is 0.504 e. The molecule has 1 aromatic heterocycles. The van der Waals surface area contributed by atoms with Gasteiger partial charge in [-0.1, -0.05) is 6.07 Å². The topological polar surface area (TPSA) is 71.5 Å². The van der Waals surface area contributed by atoms with E-state index in [1.165, 1.54) is 17.8 Å². The molecule has 0 aliphatic carbocycles. The van der Waals surface area contributed by atoms with E-state index in [4.69, 9.17) is 4.74 Å². The number of carbonyl (C=O) groups is 1. The molecule has 2 rings (SSSR count). The van der Waals surface area contributed by atoms with Crippen molar-refractivity contribution in [3.8, 4) is 11.5 Å². The van der Waals surface area contributed by atoms with E-state index in [2.05, 4.69) is 10.3 Å². The molecule has 20 heavy (non-hydrogen) atoms. The van der Waals surface area contributed by atoms with Gasteiger partial charge in [0.1, 0.15) is 5.75 Å². The first-order valence-corrected chi connectivity index (χ1v) is 6.20. The lowest BCUT2D eigenvalue weighted by Gasteiger charge is -2.09. The molecule has 5 nitrogen and oxygen atoms in total. The van der Waals surface area contributed by atoms with Crippen molar-refractivity contribution >= 4 is 11.7 Å². The molecule has 2 N–H and O–H groups in total. The van der Waals surface area contributed by atoms with Crippen LogP contribution in [-0.2, 0) is 4.79 Å². The van der Waals surface area contributed by atoms with Gasteiger partial charge in [-0.25, -0.2) is 4.98 Å². The highest BCUT2D eigenvalue weighted by molar-refractivity contribution is 5.92. The lowest BCUT2D eigenvalue weighted by molar-refractivity contribution is -0.118. The van der Waals surface area contributed by atoms with Gasteiger partial charge in [-0.05, 0) is 49.2 Å². The first kappa shape index (κ1) is 13.9. The highest BCUT2D eigenvalue weighted by atomic mass is 16.5. The summed E-state index contributed by atoms with van der Waals surface area (Å²) in [5, 5.41) is 12.0. The lowest BCUT2D eigenvalue weighted by atomic mass is 10.1. The van der Waals surface area contributed by atoms with Gasteiger partial charge in [0, 0.05) is 6.20 Å². The Kier molecular flexibility index (Phi) is 4.20. The second kappa shape index (κ2) is 6.06. The number of rotatable bonds is 4. The summed E-state index contributed by atoms with van der Waals surface area (Å²) in [7, 11) is 0. The number of carbonyl (C=O) groups excluding carboxylic acids is 1. The zero-order valence-electron chi connectivity index (χ0n) is 11.4. The zero-order chi connectivity index (χ0) is 14.5. The highest BCUT2D eigenvalue weighted by Gasteiger charge is 2.08. The Bertz CT molecular complexity index is 626. The second-order valence-electron chi connectivity index (χ2n) is 4.45. The molecule has 1 heterocycles. The van der Waals surface area contributed by atoms with E-state index in [1.807, 2.05) is 32.0 Å². The molecule has 0 radical (unpaired) electrons. The Morgan fingerprint density at radius 1 is 1.30 bits per heavy atom. The molecular weight excluding hydrogens is 256 g/mol. The number of amides is 1. The number of aryl methyl sites for hydroxylation is 2. The van der Waals surface area contributed by atoms with Crippen LogP contribution in [0.25, 0.3) is 0 Å². The summed E-state index contributed by atoms with van der Waals surface area (Å²) >= 11 is 0. The van der Waals surface area contributed by atoms with Crippen LogP contribution in [0.5, 0.6) is 11.5 Å². The van der Waals surface area contributed by atoms with Crippen molar-refractivity contribution in [3.63, 3.8) is 0 Å². The molecule has 2 aromatic rings. The third-order valence-electron chi connectivity index (χ3n) is 2.89. The maximum absolute atomic E-state index is 11.7. The summed E-state index contributed by atoms with van der Waals surface area (Å²) in [6, 6.07) is 8.66. The predicted molar refractivity (Wildman–Crippen MR) is 75.9 cm³/mol. The fourth-order valence-electron chi connectivity index (χ4n) is 1.61. The molecule has 0 saturated carbocycles. The molecule has 0 spiro atoms. The van der Waals surface area contributed by atoms with Crippen LogP contribution < -0.4 is 10.1 Å². The van der Waals surface area contributed by atoms with Crippen molar-refractivity contribution in [1.82, 2.24) is 4.98 Å². The zero-order valence-corrected chi connectivity index (χ0v) is 11.4. The Balaban J connectivity index is 1.92. The van der Waals surface area contributed by atoms with Crippen molar-refractivity contribution in [2.75, 3.05) is 11.9 Å². The molecule has 0 bridgehead atoms. The third kappa shape index (κ3) is 3.47. The van der Waals surface area contributed by atoms with E-state index in [9.17, 15) is 9.90 Å². The monoisotopic (exact) mass is 272 g/mol. The van der Waals surface area contributed by atoms with Gasteiger partial charge in [0.05, 0.1) is 0 Å². The quantitative estimate of drug-likeness (QED) is 0.896. The normalized spacial score (nSPS) is 10.1. The van der Waals surface area contributed by atoms with E-state index in [0.717, 1.165) is 5.56 Å². The number of aromatic nitrogens is 1. The van der Waals surface area contributed by atoms with Crippen LogP contribution in [0.3, 0.4) is 0 Å². The minimum atomic E-state index is -0.378. The smallest absolute Gasteiger partial charge is 0.263 e. The van der Waals surface area contributed by atoms with E-state index >= 15 is 0 Å². The summed E-state index contributed by atoms with van der Waals surface area (Å²) in [6.07, 6.45) is 1.49. The first-order valence-electron chi connectivity index (χ1n) is 6.20. The standard InChI is InChI=1S/C15H16N2O3/c1-10-5-6-12(8-11(10)2)20-9-14(19)17-15-13(18)4-3-7-16-15/h3-8,18H,9H2,1-2H3,(H,16,17,19). The SMILES string of the molecule is Cc1ccc(OCC(=O)Nc2ncccc2O)cc1C. The van der Waals surface area contributed by atoms with Gasteiger partial charge in [-0.15, -0.1) is 0 Å². The third-order valence-corrected chi connectivity index (χ3v) is 2.89. The number of anilines is 1. The molecule has 0 aliphatic heterocycles. The van der Waals surface area contributed by atoms with Gasteiger partial charge in [-0.2, -0.15) is 0 Å². The van der Waals surface area contributed by atoms with Crippen LogP contribution in [0.4, 0.5) is 5.82 Å². The highest BCUT2D eigenvalue weighted by Crippen LogP contribution is 2.19. The molecule has 104 valence electrons. The molecule has 0 aliphatic rings. The van der Waals surface area contributed by atoms with Gasteiger partial charge in [0.15, 0.2) is 18.2 Å². The molecule has 1 amide bonds. The lowest BCUT2D eigenvalue weighted by Crippen LogP contribution is -2.20. The minimum absolute atomic E-state index is 0.0768. The number of hydrogen-bond acceptors (Lipinski definition) is 4. The fourth-order valence-corrected chi connectivity index (χ4v) is 1.61. The molecule has 5 heteroatoms. The van der Waals surface area contributed by atoms with E-state index in [0.29, 0.717) is 5.75 Å². The van der Waals surface area contributed by atoms with Gasteiger partial charge < -0.3 is 15.2 Å². The summed E-state index contributed by atoms with van der Waals surface area (Å²) < 4.78 is 5.39. The van der Waals surface area contributed by atoms with Crippen LogP contribution in [0.15, 0.2) is 36.5 Å². The van der Waals surface area contributed by atoms with Gasteiger partial charge >= 0.3 is 0 Å². The van der Waals surface area contributed by atoms with E-state index in [-0.39, 0.29) is 24.1 Å². The number of nitrogens with zero attached hydrogens (tertiary/aromatic N) is 1. The van der Waals surface area contributed by atoms with Gasteiger partial charge in [-0.3, -0.25) is 4.79 Å². The van der Waals surface area contributed by atoms with E-state index in [1.54, 1.807) is 6.07 Å². The Morgan fingerprint density at radius 2 is 2.10 bits per heavy atom. The predicted octanol–water partition coefficient (Wildman–Crippen LogP) is 2.42. The van der Waals surface area contributed by atoms with Crippen LogP contribution in [-0.4, -0.2) is 22.6 Å². The molecule has 0 fully saturated rings. The van der Waals surface area contributed by atoms with Crippen molar-refractivity contribution in [3.05, 3.63) is 47.7 Å².